The maximum atomic E-state index is 2.62. The molecule has 0 aromatic heterocycles. The van der Waals surface area contributed by atoms with E-state index >= 15 is 0 Å². The van der Waals surface area contributed by atoms with Crippen LogP contribution in [0.3, 0.4) is 0 Å². The zero-order chi connectivity index (χ0) is 10.7. The lowest BCUT2D eigenvalue weighted by atomic mass is 11.0. The highest BCUT2D eigenvalue weighted by atomic mass is 28.4. The summed E-state index contributed by atoms with van der Waals surface area (Å²) in [5.74, 6) is 0. The van der Waals surface area contributed by atoms with E-state index in [4.69, 9.17) is 0 Å². The molecule has 0 unspecified atom stereocenters. The maximum absolute atomic E-state index is 2.62. The zero-order valence-corrected chi connectivity index (χ0v) is 13.9. The molecule has 0 bridgehead atoms. The molecule has 0 atom stereocenters. The van der Waals surface area contributed by atoms with Crippen molar-refractivity contribution >= 4 is 24.9 Å². The van der Waals surface area contributed by atoms with Crippen LogP contribution in [0.2, 0.25) is 56.7 Å². The lowest BCUT2D eigenvalue weighted by Gasteiger charge is -2.32. The molecule has 3 heteroatoms. The molecule has 80 valence electrons. The average molecular weight is 233 g/mol. The topological polar surface area (TPSA) is 0 Å². The third-order valence-electron chi connectivity index (χ3n) is 2.88. The Labute approximate surface area is 88.8 Å². The largest absolute Gasteiger partial charge is 0.0724 e. The van der Waals surface area contributed by atoms with E-state index in [-0.39, 0.29) is 8.80 Å². The van der Waals surface area contributed by atoms with Gasteiger partial charge in [-0.1, -0.05) is 63.6 Å². The summed E-state index contributed by atoms with van der Waals surface area (Å²) < 4.78 is 0. The van der Waals surface area contributed by atoms with Gasteiger partial charge < -0.3 is 0 Å². The molecule has 0 saturated heterocycles. The molecular weight excluding hydrogens is 204 g/mol. The van der Waals surface area contributed by atoms with E-state index in [1.807, 2.05) is 0 Å². The van der Waals surface area contributed by atoms with Gasteiger partial charge in [0.05, 0.1) is 0 Å². The molecule has 0 aliphatic carbocycles. The van der Waals surface area contributed by atoms with Gasteiger partial charge in [0.25, 0.3) is 0 Å². The smallest absolute Gasteiger partial charge is 0.0444 e. The molecule has 13 heavy (non-hydrogen) atoms. The summed E-state index contributed by atoms with van der Waals surface area (Å²) in [5, 5.41) is 0. The lowest BCUT2D eigenvalue weighted by Crippen LogP contribution is -2.41. The van der Waals surface area contributed by atoms with Gasteiger partial charge in [0.1, 0.15) is 0 Å². The Morgan fingerprint density at radius 3 is 1.69 bits per heavy atom. The van der Waals surface area contributed by atoms with E-state index < -0.39 is 16.1 Å². The van der Waals surface area contributed by atoms with Gasteiger partial charge >= 0.3 is 0 Å². The molecule has 0 N–H and O–H groups in total. The predicted molar refractivity (Wildman–Crippen MR) is 73.9 cm³/mol. The van der Waals surface area contributed by atoms with Crippen LogP contribution in [0.25, 0.3) is 0 Å². The minimum Gasteiger partial charge on any atom is -0.0724 e. The van der Waals surface area contributed by atoms with Crippen LogP contribution in [0.5, 0.6) is 0 Å². The molecule has 0 aromatic rings. The molecule has 0 saturated carbocycles. The van der Waals surface area contributed by atoms with Gasteiger partial charge in [-0.3, -0.25) is 0 Å². The van der Waals surface area contributed by atoms with Gasteiger partial charge in [0.2, 0.25) is 0 Å². The number of rotatable bonds is 5. The van der Waals surface area contributed by atoms with Gasteiger partial charge in [0, 0.05) is 24.9 Å². The highest BCUT2D eigenvalue weighted by Gasteiger charge is 2.30. The normalized spacial score (nSPS) is 13.8. The van der Waals surface area contributed by atoms with Crippen LogP contribution in [0.1, 0.15) is 6.92 Å². The van der Waals surface area contributed by atoms with Crippen molar-refractivity contribution in [3.05, 3.63) is 0 Å². The third kappa shape index (κ3) is 6.69. The summed E-state index contributed by atoms with van der Waals surface area (Å²) in [4.78, 5) is 0. The summed E-state index contributed by atoms with van der Waals surface area (Å²) in [6.07, 6.45) is 0. The van der Waals surface area contributed by atoms with E-state index in [2.05, 4.69) is 46.2 Å². The number of hydrogen-bond acceptors (Lipinski definition) is 0. The zero-order valence-electron chi connectivity index (χ0n) is 10.7. The van der Waals surface area contributed by atoms with Crippen molar-refractivity contribution in [3.8, 4) is 0 Å². The average Bonchev–Trinajstić information content (AvgIpc) is 1.81. The number of hydrogen-bond donors (Lipinski definition) is 0. The van der Waals surface area contributed by atoms with Crippen LogP contribution >= 0.6 is 0 Å². The molecule has 0 radical (unpaired) electrons. The van der Waals surface area contributed by atoms with E-state index in [0.29, 0.717) is 0 Å². The minimum atomic E-state index is -0.799. The lowest BCUT2D eigenvalue weighted by molar-refractivity contribution is 1.32. The third-order valence-corrected chi connectivity index (χ3v) is 20.1. The first-order chi connectivity index (χ1) is 5.68. The van der Waals surface area contributed by atoms with E-state index in [1.54, 1.807) is 11.3 Å². The van der Waals surface area contributed by atoms with Gasteiger partial charge in [-0.2, -0.15) is 0 Å². The van der Waals surface area contributed by atoms with E-state index in [0.717, 1.165) is 0 Å². The van der Waals surface area contributed by atoms with Crippen LogP contribution in [-0.2, 0) is 0 Å². The molecule has 0 nitrogen and oxygen atoms in total. The van der Waals surface area contributed by atoms with Crippen molar-refractivity contribution in [1.29, 1.82) is 0 Å². The Kier molecular flexibility index (Phi) is 5.18. The Hall–Kier alpha value is 0.651. The summed E-state index contributed by atoms with van der Waals surface area (Å²) in [6.45, 7) is 17.8. The van der Waals surface area contributed by atoms with Crippen molar-refractivity contribution in [3.63, 3.8) is 0 Å². The molecule has 0 heterocycles. The first kappa shape index (κ1) is 13.7. The van der Waals surface area contributed by atoms with Gasteiger partial charge in [-0.25, -0.2) is 0 Å². The second-order valence-electron chi connectivity index (χ2n) is 6.46. The minimum absolute atomic E-state index is 0.312. The Balaban J connectivity index is 4.16. The van der Waals surface area contributed by atoms with Crippen LogP contribution < -0.4 is 0 Å². The first-order valence-corrected chi connectivity index (χ1v) is 15.6. The van der Waals surface area contributed by atoms with Crippen molar-refractivity contribution in [2.75, 3.05) is 0 Å². The summed E-state index contributed by atoms with van der Waals surface area (Å²) >= 11 is 0. The summed E-state index contributed by atoms with van der Waals surface area (Å²) in [5.41, 5.74) is 3.31. The second kappa shape index (κ2) is 4.94. The Bertz CT molecular complexity index is 150. The molecule has 0 rings (SSSR count). The monoisotopic (exact) mass is 232 g/mol. The van der Waals surface area contributed by atoms with Crippen LogP contribution in [0.15, 0.2) is 0 Å². The maximum Gasteiger partial charge on any atom is 0.0444 e. The van der Waals surface area contributed by atoms with Crippen molar-refractivity contribution in [2.45, 2.75) is 63.6 Å². The molecule has 0 fully saturated rings. The van der Waals surface area contributed by atoms with Gasteiger partial charge in [-0.05, 0) is 0 Å². The summed E-state index contributed by atoms with van der Waals surface area (Å²) in [7, 11) is -1.91. The first-order valence-electron chi connectivity index (χ1n) is 5.68. The molecular formula is C10H28Si3. The highest BCUT2D eigenvalue weighted by Crippen LogP contribution is 2.26. The highest BCUT2D eigenvalue weighted by molar-refractivity contribution is 6.99. The van der Waals surface area contributed by atoms with Crippen LogP contribution in [-0.4, -0.2) is 24.9 Å². The standard InChI is InChI=1S/C10H28Si3/c1-8-12(4,5)10-13(6,7)9-11(2)3/h11H,8-10H2,1-7H3. The van der Waals surface area contributed by atoms with Crippen molar-refractivity contribution in [1.82, 2.24) is 0 Å². The Morgan fingerprint density at radius 1 is 0.923 bits per heavy atom. The predicted octanol–water partition coefficient (Wildman–Crippen LogP) is 3.99. The van der Waals surface area contributed by atoms with Crippen molar-refractivity contribution < 1.29 is 0 Å². The quantitative estimate of drug-likeness (QED) is 0.629. The van der Waals surface area contributed by atoms with Crippen LogP contribution in [0, 0.1) is 0 Å². The van der Waals surface area contributed by atoms with E-state index in [1.165, 1.54) is 6.04 Å². The fourth-order valence-electron chi connectivity index (χ4n) is 2.60. The molecule has 0 amide bonds. The van der Waals surface area contributed by atoms with Gasteiger partial charge in [0.15, 0.2) is 0 Å². The fourth-order valence-corrected chi connectivity index (χ4v) is 24.7. The van der Waals surface area contributed by atoms with E-state index in [9.17, 15) is 0 Å². The molecule has 0 spiro atoms. The Morgan fingerprint density at radius 2 is 1.38 bits per heavy atom. The molecule has 0 aromatic carbocycles. The van der Waals surface area contributed by atoms with Gasteiger partial charge in [-0.15, -0.1) is 0 Å². The fraction of sp³-hybridized carbons (Fsp3) is 1.00. The second-order valence-corrected chi connectivity index (χ2v) is 21.7. The van der Waals surface area contributed by atoms with Crippen LogP contribution in [0.4, 0.5) is 0 Å². The summed E-state index contributed by atoms with van der Waals surface area (Å²) in [6, 6.07) is 1.48. The SMILES string of the molecule is CC[Si](C)(C)C[Si](C)(C)C[SiH](C)C. The molecule has 0 aliphatic heterocycles. The van der Waals surface area contributed by atoms with Crippen molar-refractivity contribution in [2.24, 2.45) is 0 Å². The molecule has 0 aliphatic rings.